The maximum absolute atomic E-state index is 13.1. The number of benzene rings is 2. The number of aromatic nitrogens is 2. The van der Waals surface area contributed by atoms with Crippen molar-refractivity contribution in [1.82, 2.24) is 19.8 Å². The van der Waals surface area contributed by atoms with Crippen LogP contribution in [0.25, 0.3) is 10.9 Å². The van der Waals surface area contributed by atoms with Crippen molar-refractivity contribution >= 4 is 22.7 Å². The zero-order valence-corrected chi connectivity index (χ0v) is 17.6. The van der Waals surface area contributed by atoms with Gasteiger partial charge in [0.15, 0.2) is 0 Å². The minimum atomic E-state index is -0.365. The number of rotatable bonds is 7. The number of likely N-dealkylation sites (tertiary alicyclic amines) is 1. The molecule has 1 saturated heterocycles. The fraction of sp³-hybridized carbons (Fsp3) is 0.333. The molecule has 1 aliphatic heterocycles. The number of amides is 2. The number of hydrogen-bond donors (Lipinski definition) is 1. The van der Waals surface area contributed by atoms with E-state index in [2.05, 4.69) is 9.97 Å². The second-order valence-electron chi connectivity index (χ2n) is 7.86. The van der Waals surface area contributed by atoms with E-state index in [0.29, 0.717) is 36.4 Å². The molecule has 1 unspecified atom stereocenters. The minimum Gasteiger partial charge on any atom is -0.342 e. The van der Waals surface area contributed by atoms with Gasteiger partial charge in [0.1, 0.15) is 5.82 Å². The van der Waals surface area contributed by atoms with Crippen molar-refractivity contribution in [1.29, 1.82) is 0 Å². The first kappa shape index (κ1) is 20.8. The topological polar surface area (TPSA) is 86.4 Å². The Kier molecular flexibility index (Phi) is 6.11. The monoisotopic (exact) mass is 418 g/mol. The maximum Gasteiger partial charge on any atom is 0.258 e. The lowest BCUT2D eigenvalue weighted by Crippen LogP contribution is -2.38. The summed E-state index contributed by atoms with van der Waals surface area (Å²) in [7, 11) is 0. The molecule has 7 nitrogen and oxygen atoms in total. The molecule has 1 fully saturated rings. The third-order valence-corrected chi connectivity index (χ3v) is 5.77. The summed E-state index contributed by atoms with van der Waals surface area (Å²) in [5, 5.41) is 0.524. The highest BCUT2D eigenvalue weighted by atomic mass is 16.2. The number of H-pyrrole nitrogens is 1. The molecule has 1 aromatic heterocycles. The quantitative estimate of drug-likeness (QED) is 0.638. The fourth-order valence-electron chi connectivity index (χ4n) is 4.06. The molecule has 2 heterocycles. The van der Waals surface area contributed by atoms with Crippen molar-refractivity contribution in [2.24, 2.45) is 5.92 Å². The molecule has 4 rings (SSSR count). The summed E-state index contributed by atoms with van der Waals surface area (Å²) in [6, 6.07) is 17.1. The average molecular weight is 418 g/mol. The van der Waals surface area contributed by atoms with Crippen molar-refractivity contribution in [3.05, 3.63) is 76.3 Å². The lowest BCUT2D eigenvalue weighted by Gasteiger charge is -2.24. The Balaban J connectivity index is 1.42. The summed E-state index contributed by atoms with van der Waals surface area (Å²) in [5.41, 5.74) is 1.56. The van der Waals surface area contributed by atoms with E-state index in [0.717, 1.165) is 6.42 Å². The molecule has 2 amide bonds. The number of carbonyl (C=O) groups excluding carboxylic acids is 2. The number of nitrogens with one attached hydrogen (secondary N) is 1. The van der Waals surface area contributed by atoms with Crippen molar-refractivity contribution in [2.45, 2.75) is 26.3 Å². The maximum atomic E-state index is 13.1. The molecule has 1 N–H and O–H groups in total. The first-order chi connectivity index (χ1) is 15.0. The van der Waals surface area contributed by atoms with E-state index < -0.39 is 0 Å². The second-order valence-corrected chi connectivity index (χ2v) is 7.86. The van der Waals surface area contributed by atoms with Crippen LogP contribution in [0.5, 0.6) is 0 Å². The van der Waals surface area contributed by atoms with Gasteiger partial charge in [-0.05, 0) is 31.0 Å². The van der Waals surface area contributed by atoms with E-state index in [1.54, 1.807) is 28.0 Å². The van der Waals surface area contributed by atoms with Gasteiger partial charge in [0.2, 0.25) is 11.8 Å². The molecule has 160 valence electrons. The molecule has 0 bridgehead atoms. The van der Waals surface area contributed by atoms with Crippen LogP contribution in [0.1, 0.15) is 24.7 Å². The molecule has 7 heteroatoms. The normalized spacial score (nSPS) is 16.1. The highest BCUT2D eigenvalue weighted by Crippen LogP contribution is 2.21. The third kappa shape index (κ3) is 4.66. The number of para-hydroxylation sites is 1. The third-order valence-electron chi connectivity index (χ3n) is 5.77. The predicted molar refractivity (Wildman–Crippen MR) is 118 cm³/mol. The molecule has 0 spiro atoms. The molecular formula is C24H26N4O3. The standard InChI is InChI=1S/C24H26N4O3/c1-2-27(16-21-25-20-11-7-6-10-19(20)23(30)26-21)24(31)18-14-22(29)28(15-18)13-12-17-8-4-3-5-9-17/h3-11,18H,2,12-16H2,1H3,(H,25,26,30). The first-order valence-electron chi connectivity index (χ1n) is 10.6. The van der Waals surface area contributed by atoms with Crippen LogP contribution in [0.4, 0.5) is 0 Å². The lowest BCUT2D eigenvalue weighted by molar-refractivity contribution is -0.136. The smallest absolute Gasteiger partial charge is 0.258 e. The summed E-state index contributed by atoms with van der Waals surface area (Å²) >= 11 is 0. The van der Waals surface area contributed by atoms with Gasteiger partial charge >= 0.3 is 0 Å². The van der Waals surface area contributed by atoms with Gasteiger partial charge < -0.3 is 14.8 Å². The van der Waals surface area contributed by atoms with Crippen molar-refractivity contribution in [2.75, 3.05) is 19.6 Å². The van der Waals surface area contributed by atoms with Crippen LogP contribution in [0.2, 0.25) is 0 Å². The minimum absolute atomic E-state index is 0.0163. The predicted octanol–water partition coefficient (Wildman–Crippen LogP) is 2.36. The van der Waals surface area contributed by atoms with E-state index in [4.69, 9.17) is 0 Å². The van der Waals surface area contributed by atoms with Gasteiger partial charge in [0.25, 0.3) is 5.56 Å². The summed E-state index contributed by atoms with van der Waals surface area (Å²) in [4.78, 5) is 48.6. The van der Waals surface area contributed by atoms with Gasteiger partial charge in [-0.1, -0.05) is 42.5 Å². The Bertz CT molecular complexity index is 1140. The van der Waals surface area contributed by atoms with Crippen LogP contribution in [-0.2, 0) is 22.6 Å². The Hall–Kier alpha value is -3.48. The number of hydrogen-bond acceptors (Lipinski definition) is 4. The highest BCUT2D eigenvalue weighted by molar-refractivity contribution is 5.89. The van der Waals surface area contributed by atoms with E-state index in [1.807, 2.05) is 43.3 Å². The molecule has 2 aromatic carbocycles. The molecule has 3 aromatic rings. The summed E-state index contributed by atoms with van der Waals surface area (Å²) in [6.07, 6.45) is 0.999. The van der Waals surface area contributed by atoms with Gasteiger partial charge in [-0.15, -0.1) is 0 Å². The zero-order valence-electron chi connectivity index (χ0n) is 17.6. The fourth-order valence-corrected chi connectivity index (χ4v) is 4.06. The van der Waals surface area contributed by atoms with Gasteiger partial charge in [-0.3, -0.25) is 14.4 Å². The molecule has 0 aliphatic carbocycles. The van der Waals surface area contributed by atoms with E-state index in [9.17, 15) is 14.4 Å². The van der Waals surface area contributed by atoms with Gasteiger partial charge in [0.05, 0.1) is 23.4 Å². The van der Waals surface area contributed by atoms with E-state index in [-0.39, 0.29) is 36.3 Å². The van der Waals surface area contributed by atoms with Gasteiger partial charge in [-0.25, -0.2) is 4.98 Å². The van der Waals surface area contributed by atoms with E-state index in [1.165, 1.54) is 5.56 Å². The second kappa shape index (κ2) is 9.12. The van der Waals surface area contributed by atoms with Crippen LogP contribution in [-0.4, -0.2) is 51.2 Å². The Morgan fingerprint density at radius 3 is 2.65 bits per heavy atom. The summed E-state index contributed by atoms with van der Waals surface area (Å²) in [5.74, 6) is 0.0241. The van der Waals surface area contributed by atoms with Crippen molar-refractivity contribution < 1.29 is 9.59 Å². The van der Waals surface area contributed by atoms with Gasteiger partial charge in [-0.2, -0.15) is 0 Å². The van der Waals surface area contributed by atoms with Crippen molar-refractivity contribution in [3.63, 3.8) is 0 Å². The molecule has 31 heavy (non-hydrogen) atoms. The van der Waals surface area contributed by atoms with E-state index >= 15 is 0 Å². The average Bonchev–Trinajstić information content (AvgIpc) is 3.17. The Morgan fingerprint density at radius 2 is 1.87 bits per heavy atom. The molecule has 0 radical (unpaired) electrons. The Morgan fingerprint density at radius 1 is 1.13 bits per heavy atom. The first-order valence-corrected chi connectivity index (χ1v) is 10.6. The lowest BCUT2D eigenvalue weighted by atomic mass is 10.1. The number of carbonyl (C=O) groups is 2. The molecular weight excluding hydrogens is 392 g/mol. The van der Waals surface area contributed by atoms with Crippen LogP contribution in [0, 0.1) is 5.92 Å². The highest BCUT2D eigenvalue weighted by Gasteiger charge is 2.36. The molecule has 1 atom stereocenters. The summed E-state index contributed by atoms with van der Waals surface area (Å²) in [6.45, 7) is 3.62. The largest absolute Gasteiger partial charge is 0.342 e. The zero-order chi connectivity index (χ0) is 21.8. The number of aromatic amines is 1. The van der Waals surface area contributed by atoms with Crippen LogP contribution in [0.15, 0.2) is 59.4 Å². The SMILES string of the molecule is CCN(Cc1nc2ccccc2c(=O)[nH]1)C(=O)C1CC(=O)N(CCc2ccccc2)C1. The van der Waals surface area contributed by atoms with Crippen LogP contribution >= 0.6 is 0 Å². The molecule has 1 aliphatic rings. The Labute approximate surface area is 180 Å². The van der Waals surface area contributed by atoms with Crippen LogP contribution < -0.4 is 5.56 Å². The number of nitrogens with zero attached hydrogens (tertiary/aromatic N) is 3. The summed E-state index contributed by atoms with van der Waals surface area (Å²) < 4.78 is 0. The van der Waals surface area contributed by atoms with Crippen LogP contribution in [0.3, 0.4) is 0 Å². The number of fused-ring (bicyclic) bond motifs is 1. The van der Waals surface area contributed by atoms with Crippen molar-refractivity contribution in [3.8, 4) is 0 Å². The molecule has 0 saturated carbocycles. The van der Waals surface area contributed by atoms with Gasteiger partial charge in [0, 0.05) is 26.1 Å².